The summed E-state index contributed by atoms with van der Waals surface area (Å²) in [5.74, 6) is 1.34. The van der Waals surface area contributed by atoms with E-state index in [2.05, 4.69) is 39.9 Å². The number of nitrogens with one attached hydrogen (secondary N) is 1. The molecule has 1 aliphatic carbocycles. The van der Waals surface area contributed by atoms with Crippen molar-refractivity contribution in [3.63, 3.8) is 0 Å². The van der Waals surface area contributed by atoms with Gasteiger partial charge < -0.3 is 10.4 Å². The van der Waals surface area contributed by atoms with E-state index in [0.29, 0.717) is 17.4 Å². The summed E-state index contributed by atoms with van der Waals surface area (Å²) in [6.45, 7) is 14.1. The highest BCUT2D eigenvalue weighted by Crippen LogP contribution is 2.38. The van der Waals surface area contributed by atoms with Crippen LogP contribution in [-0.2, 0) is 0 Å². The number of hydrogen-bond acceptors (Lipinski definition) is 2. The summed E-state index contributed by atoms with van der Waals surface area (Å²) >= 11 is 0. The molecule has 2 heteroatoms. The van der Waals surface area contributed by atoms with E-state index < -0.39 is 5.60 Å². The standard InChI is InChI=1S/C16H33NO/c1-12(2)8-16(6,18)11-17-14-7-13(3)9-15(4,5)10-14/h12-14,17-18H,7-11H2,1-6H3. The predicted octanol–water partition coefficient (Wildman–Crippen LogP) is 3.59. The predicted molar refractivity (Wildman–Crippen MR) is 78.7 cm³/mol. The molecule has 0 aromatic rings. The van der Waals surface area contributed by atoms with Crippen LogP contribution in [-0.4, -0.2) is 23.3 Å². The van der Waals surface area contributed by atoms with E-state index in [1.807, 2.05) is 6.92 Å². The Labute approximate surface area is 114 Å². The van der Waals surface area contributed by atoms with Crippen LogP contribution in [0.5, 0.6) is 0 Å². The first-order chi connectivity index (χ1) is 8.10. The Balaban J connectivity index is 2.43. The Hall–Kier alpha value is -0.0800. The molecular formula is C16H33NO. The van der Waals surface area contributed by atoms with Crippen LogP contribution < -0.4 is 5.32 Å². The molecule has 0 aliphatic heterocycles. The van der Waals surface area contributed by atoms with Crippen molar-refractivity contribution in [1.82, 2.24) is 5.32 Å². The largest absolute Gasteiger partial charge is 0.389 e. The lowest BCUT2D eigenvalue weighted by Gasteiger charge is -2.40. The smallest absolute Gasteiger partial charge is 0.0746 e. The molecule has 0 saturated heterocycles. The molecule has 0 aromatic heterocycles. The van der Waals surface area contributed by atoms with Gasteiger partial charge in [0.05, 0.1) is 5.60 Å². The maximum Gasteiger partial charge on any atom is 0.0746 e. The second-order valence-corrected chi connectivity index (χ2v) is 8.09. The molecule has 1 aliphatic rings. The summed E-state index contributed by atoms with van der Waals surface area (Å²) in [7, 11) is 0. The zero-order valence-electron chi connectivity index (χ0n) is 13.2. The van der Waals surface area contributed by atoms with E-state index >= 15 is 0 Å². The van der Waals surface area contributed by atoms with Crippen LogP contribution in [0.25, 0.3) is 0 Å². The first-order valence-corrected chi connectivity index (χ1v) is 7.55. The van der Waals surface area contributed by atoms with Gasteiger partial charge in [0, 0.05) is 12.6 Å². The third-order valence-corrected chi connectivity index (χ3v) is 4.01. The van der Waals surface area contributed by atoms with Crippen molar-refractivity contribution in [1.29, 1.82) is 0 Å². The molecule has 1 fully saturated rings. The van der Waals surface area contributed by atoms with Gasteiger partial charge in [-0.25, -0.2) is 0 Å². The van der Waals surface area contributed by atoms with Crippen molar-refractivity contribution < 1.29 is 5.11 Å². The molecule has 0 aromatic carbocycles. The summed E-state index contributed by atoms with van der Waals surface area (Å²) in [5.41, 5.74) is -0.127. The van der Waals surface area contributed by atoms with Crippen molar-refractivity contribution >= 4 is 0 Å². The minimum atomic E-state index is -0.570. The van der Waals surface area contributed by atoms with E-state index in [1.165, 1.54) is 19.3 Å². The SMILES string of the molecule is CC(C)CC(C)(O)CNC1CC(C)CC(C)(C)C1. The van der Waals surface area contributed by atoms with Crippen LogP contribution in [0.4, 0.5) is 0 Å². The molecule has 0 amide bonds. The lowest BCUT2D eigenvalue weighted by molar-refractivity contribution is 0.0296. The average molecular weight is 255 g/mol. The van der Waals surface area contributed by atoms with E-state index in [0.717, 1.165) is 18.9 Å². The lowest BCUT2D eigenvalue weighted by Crippen LogP contribution is -2.47. The summed E-state index contributed by atoms with van der Waals surface area (Å²) < 4.78 is 0. The highest BCUT2D eigenvalue weighted by Gasteiger charge is 2.33. The third kappa shape index (κ3) is 5.71. The molecular weight excluding hydrogens is 222 g/mol. The second-order valence-electron chi connectivity index (χ2n) is 8.09. The second kappa shape index (κ2) is 5.92. The number of aliphatic hydroxyl groups is 1. The number of rotatable bonds is 5. The molecule has 3 unspecified atom stereocenters. The molecule has 0 radical (unpaired) electrons. The van der Waals surface area contributed by atoms with Crippen molar-refractivity contribution in [3.8, 4) is 0 Å². The Morgan fingerprint density at radius 1 is 1.33 bits per heavy atom. The maximum atomic E-state index is 10.3. The monoisotopic (exact) mass is 255 g/mol. The Morgan fingerprint density at radius 3 is 2.44 bits per heavy atom. The molecule has 2 nitrogen and oxygen atoms in total. The van der Waals surface area contributed by atoms with E-state index in [9.17, 15) is 5.11 Å². The quantitative estimate of drug-likeness (QED) is 0.787. The van der Waals surface area contributed by atoms with Gasteiger partial charge in [0.1, 0.15) is 0 Å². The van der Waals surface area contributed by atoms with E-state index in [1.54, 1.807) is 0 Å². The van der Waals surface area contributed by atoms with Gasteiger partial charge >= 0.3 is 0 Å². The van der Waals surface area contributed by atoms with Gasteiger partial charge in [-0.2, -0.15) is 0 Å². The van der Waals surface area contributed by atoms with Gasteiger partial charge in [-0.3, -0.25) is 0 Å². The Morgan fingerprint density at radius 2 is 1.94 bits per heavy atom. The fraction of sp³-hybridized carbons (Fsp3) is 1.00. The van der Waals surface area contributed by atoms with Gasteiger partial charge in [-0.15, -0.1) is 0 Å². The van der Waals surface area contributed by atoms with Crippen LogP contribution in [0.1, 0.15) is 67.2 Å². The zero-order valence-corrected chi connectivity index (χ0v) is 13.2. The van der Waals surface area contributed by atoms with Gasteiger partial charge in [0.2, 0.25) is 0 Å². The van der Waals surface area contributed by atoms with E-state index in [-0.39, 0.29) is 0 Å². The topological polar surface area (TPSA) is 32.3 Å². The van der Waals surface area contributed by atoms with Gasteiger partial charge in [-0.1, -0.05) is 34.6 Å². The van der Waals surface area contributed by atoms with Crippen LogP contribution in [0, 0.1) is 17.3 Å². The van der Waals surface area contributed by atoms with Crippen molar-refractivity contribution in [2.75, 3.05) is 6.54 Å². The number of hydrogen-bond donors (Lipinski definition) is 2. The molecule has 3 atom stereocenters. The summed E-state index contributed by atoms with van der Waals surface area (Å²) in [5, 5.41) is 14.0. The molecule has 0 bridgehead atoms. The van der Waals surface area contributed by atoms with Gasteiger partial charge in [-0.05, 0) is 49.9 Å². The highest BCUT2D eigenvalue weighted by molar-refractivity contribution is 4.88. The molecule has 1 rings (SSSR count). The molecule has 2 N–H and O–H groups in total. The van der Waals surface area contributed by atoms with Crippen molar-refractivity contribution in [3.05, 3.63) is 0 Å². The Kier molecular flexibility index (Phi) is 5.25. The third-order valence-electron chi connectivity index (χ3n) is 4.01. The summed E-state index contributed by atoms with van der Waals surface area (Å²) in [6.07, 6.45) is 4.68. The summed E-state index contributed by atoms with van der Waals surface area (Å²) in [6, 6.07) is 0.572. The molecule has 0 heterocycles. The van der Waals surface area contributed by atoms with Crippen LogP contribution >= 0.6 is 0 Å². The van der Waals surface area contributed by atoms with Crippen LogP contribution in [0.15, 0.2) is 0 Å². The molecule has 18 heavy (non-hydrogen) atoms. The zero-order chi connectivity index (χ0) is 14.0. The maximum absolute atomic E-state index is 10.3. The molecule has 108 valence electrons. The molecule has 1 saturated carbocycles. The fourth-order valence-electron chi connectivity index (χ4n) is 3.82. The average Bonchev–Trinajstić information content (AvgIpc) is 2.09. The minimum absolute atomic E-state index is 0.444. The van der Waals surface area contributed by atoms with Gasteiger partial charge in [0.25, 0.3) is 0 Å². The van der Waals surface area contributed by atoms with E-state index in [4.69, 9.17) is 0 Å². The van der Waals surface area contributed by atoms with Gasteiger partial charge in [0.15, 0.2) is 0 Å². The highest BCUT2D eigenvalue weighted by atomic mass is 16.3. The van der Waals surface area contributed by atoms with Crippen molar-refractivity contribution in [2.45, 2.75) is 78.9 Å². The normalized spacial score (nSPS) is 31.3. The fourth-order valence-corrected chi connectivity index (χ4v) is 3.82. The lowest BCUT2D eigenvalue weighted by atomic mass is 9.70. The van der Waals surface area contributed by atoms with Crippen molar-refractivity contribution in [2.24, 2.45) is 17.3 Å². The first-order valence-electron chi connectivity index (χ1n) is 7.55. The van der Waals surface area contributed by atoms with Crippen LogP contribution in [0.2, 0.25) is 0 Å². The Bertz CT molecular complexity index is 258. The molecule has 0 spiro atoms. The minimum Gasteiger partial charge on any atom is -0.389 e. The first kappa shape index (κ1) is 16.0. The van der Waals surface area contributed by atoms with Crippen LogP contribution in [0.3, 0.4) is 0 Å². The summed E-state index contributed by atoms with van der Waals surface area (Å²) in [4.78, 5) is 0.